The van der Waals surface area contributed by atoms with Crippen LogP contribution in [0.5, 0.6) is 0 Å². The van der Waals surface area contributed by atoms with Crippen LogP contribution in [-0.4, -0.2) is 53.6 Å². The monoisotopic (exact) mass is 373 g/mol. The molecule has 0 radical (unpaired) electrons. The van der Waals surface area contributed by atoms with Gasteiger partial charge in [-0.2, -0.15) is 0 Å². The van der Waals surface area contributed by atoms with E-state index in [-0.39, 0.29) is 36.9 Å². The highest BCUT2D eigenvalue weighted by Crippen LogP contribution is 2.33. The van der Waals surface area contributed by atoms with Gasteiger partial charge in [-0.3, -0.25) is 10.1 Å². The molecule has 1 saturated heterocycles. The molecular formula is C21H31N3O3. The highest BCUT2D eigenvalue weighted by atomic mass is 16.3. The molecule has 5 atom stereocenters. The summed E-state index contributed by atoms with van der Waals surface area (Å²) in [6.45, 7) is 4.99. The first-order chi connectivity index (χ1) is 13.0. The van der Waals surface area contributed by atoms with Gasteiger partial charge < -0.3 is 20.8 Å². The molecule has 0 aromatic heterocycles. The zero-order valence-electron chi connectivity index (χ0n) is 16.1. The van der Waals surface area contributed by atoms with E-state index >= 15 is 0 Å². The summed E-state index contributed by atoms with van der Waals surface area (Å²) in [4.78, 5) is 12.6. The zero-order chi connectivity index (χ0) is 19.4. The second kappa shape index (κ2) is 8.97. The highest BCUT2D eigenvalue weighted by molar-refractivity contribution is 5.79. The third kappa shape index (κ3) is 4.76. The lowest BCUT2D eigenvalue weighted by molar-refractivity contribution is -0.121. The summed E-state index contributed by atoms with van der Waals surface area (Å²) in [7, 11) is 0. The fourth-order valence-corrected chi connectivity index (χ4v) is 4.47. The first-order valence-corrected chi connectivity index (χ1v) is 9.80. The van der Waals surface area contributed by atoms with Gasteiger partial charge in [0.15, 0.2) is 0 Å². The number of carbonyl (C=O) groups is 1. The van der Waals surface area contributed by atoms with Gasteiger partial charge in [0.1, 0.15) is 6.23 Å². The van der Waals surface area contributed by atoms with Gasteiger partial charge in [0.2, 0.25) is 5.91 Å². The highest BCUT2D eigenvalue weighted by Gasteiger charge is 2.39. The molecule has 0 bridgehead atoms. The minimum Gasteiger partial charge on any atom is -0.394 e. The molecule has 1 aromatic rings. The van der Waals surface area contributed by atoms with Crippen molar-refractivity contribution in [3.63, 3.8) is 0 Å². The lowest BCUT2D eigenvalue weighted by Crippen LogP contribution is -2.58. The van der Waals surface area contributed by atoms with Gasteiger partial charge >= 0.3 is 0 Å². The number of aliphatic hydroxyl groups is 2. The minimum atomic E-state index is -0.788. The molecule has 0 aliphatic carbocycles. The molecule has 6 nitrogen and oxygen atoms in total. The third-order valence-corrected chi connectivity index (χ3v) is 5.86. The molecule has 1 amide bonds. The Morgan fingerprint density at radius 3 is 2.78 bits per heavy atom. The summed E-state index contributed by atoms with van der Waals surface area (Å²) in [5.41, 5.74) is 2.92. The molecule has 4 unspecified atom stereocenters. The van der Waals surface area contributed by atoms with E-state index in [1.54, 1.807) is 0 Å². The average Bonchev–Trinajstić information content (AvgIpc) is 2.65. The summed E-state index contributed by atoms with van der Waals surface area (Å²) >= 11 is 0. The van der Waals surface area contributed by atoms with Crippen LogP contribution in [0.15, 0.2) is 41.5 Å². The number of aliphatic hydroxyl groups excluding tert-OH is 2. The number of hydrogen-bond donors (Lipinski definition) is 5. The van der Waals surface area contributed by atoms with E-state index in [9.17, 15) is 15.0 Å². The van der Waals surface area contributed by atoms with Crippen molar-refractivity contribution < 1.29 is 15.0 Å². The number of nitrogens with one attached hydrogen (secondary N) is 3. The lowest BCUT2D eigenvalue weighted by atomic mass is 9.76. The lowest BCUT2D eigenvalue weighted by Gasteiger charge is -2.44. The largest absolute Gasteiger partial charge is 0.394 e. The molecule has 2 aliphatic heterocycles. The molecule has 1 fully saturated rings. The third-order valence-electron chi connectivity index (χ3n) is 5.86. The van der Waals surface area contributed by atoms with Crippen LogP contribution >= 0.6 is 0 Å². The van der Waals surface area contributed by atoms with Crippen molar-refractivity contribution in [2.24, 2.45) is 5.92 Å². The maximum Gasteiger partial charge on any atom is 0.224 e. The smallest absolute Gasteiger partial charge is 0.224 e. The fraction of sp³-hybridized carbons (Fsp3) is 0.571. The van der Waals surface area contributed by atoms with Gasteiger partial charge in [0.05, 0.1) is 19.1 Å². The van der Waals surface area contributed by atoms with Gasteiger partial charge in [-0.15, -0.1) is 0 Å². The minimum absolute atomic E-state index is 0.120. The summed E-state index contributed by atoms with van der Waals surface area (Å²) in [5.74, 6) is 0.109. The number of amides is 1. The van der Waals surface area contributed by atoms with Crippen molar-refractivity contribution in [1.29, 1.82) is 0 Å². The predicted octanol–water partition coefficient (Wildman–Crippen LogP) is 0.701. The van der Waals surface area contributed by atoms with Crippen molar-refractivity contribution in [3.8, 4) is 0 Å². The SMILES string of the molecule is CC1=C(CC(=O)N[C@H](CO)Cc2ccccc2)C(O)NC2CCNC(C)C12. The van der Waals surface area contributed by atoms with E-state index in [1.165, 1.54) is 0 Å². The summed E-state index contributed by atoms with van der Waals surface area (Å²) in [6.07, 6.45) is 0.894. The van der Waals surface area contributed by atoms with Gasteiger partial charge in [0, 0.05) is 18.0 Å². The Bertz CT molecular complexity index is 677. The average molecular weight is 373 g/mol. The van der Waals surface area contributed by atoms with Crippen molar-refractivity contribution in [2.45, 2.75) is 57.5 Å². The van der Waals surface area contributed by atoms with Crippen molar-refractivity contribution >= 4 is 5.91 Å². The Hall–Kier alpha value is -1.73. The Labute approximate surface area is 161 Å². The summed E-state index contributed by atoms with van der Waals surface area (Å²) < 4.78 is 0. The molecule has 3 rings (SSSR count). The maximum absolute atomic E-state index is 12.6. The van der Waals surface area contributed by atoms with E-state index < -0.39 is 6.23 Å². The van der Waals surface area contributed by atoms with Crippen LogP contribution in [0.25, 0.3) is 0 Å². The topological polar surface area (TPSA) is 93.6 Å². The quantitative estimate of drug-likeness (QED) is 0.474. The first kappa shape index (κ1) is 20.0. The Balaban J connectivity index is 1.65. The first-order valence-electron chi connectivity index (χ1n) is 9.80. The van der Waals surface area contributed by atoms with Crippen LogP contribution in [-0.2, 0) is 11.2 Å². The predicted molar refractivity (Wildman–Crippen MR) is 105 cm³/mol. The number of carbonyl (C=O) groups excluding carboxylic acids is 1. The van der Waals surface area contributed by atoms with Crippen molar-refractivity contribution in [1.82, 2.24) is 16.0 Å². The number of benzene rings is 1. The van der Waals surface area contributed by atoms with E-state index in [4.69, 9.17) is 0 Å². The van der Waals surface area contributed by atoms with Crippen LogP contribution in [0.4, 0.5) is 0 Å². The Kier molecular flexibility index (Phi) is 6.65. The van der Waals surface area contributed by atoms with Crippen LogP contribution < -0.4 is 16.0 Å². The summed E-state index contributed by atoms with van der Waals surface area (Å²) in [5, 5.41) is 29.8. The molecular weight excluding hydrogens is 342 g/mol. The fourth-order valence-electron chi connectivity index (χ4n) is 4.47. The van der Waals surface area contributed by atoms with Crippen molar-refractivity contribution in [2.75, 3.05) is 13.2 Å². The normalized spacial score (nSPS) is 29.2. The van der Waals surface area contributed by atoms with E-state index in [2.05, 4.69) is 22.9 Å². The number of hydrogen-bond acceptors (Lipinski definition) is 5. The molecule has 2 heterocycles. The van der Waals surface area contributed by atoms with Gasteiger partial charge in [-0.25, -0.2) is 0 Å². The Morgan fingerprint density at radius 2 is 2.07 bits per heavy atom. The number of fused-ring (bicyclic) bond motifs is 1. The second-order valence-electron chi connectivity index (χ2n) is 7.75. The van der Waals surface area contributed by atoms with Gasteiger partial charge in [0.25, 0.3) is 0 Å². The molecule has 27 heavy (non-hydrogen) atoms. The molecule has 148 valence electrons. The number of rotatable bonds is 6. The standard InChI is InChI=1S/C21H31N3O3/c1-13-17(21(27)24-18-8-9-22-14(2)20(13)18)11-19(26)23-16(12-25)10-15-6-4-3-5-7-15/h3-7,14,16,18,20-22,24-25,27H,8-12H2,1-2H3,(H,23,26)/t14?,16-,18?,20?,21?/m0/s1. The Morgan fingerprint density at radius 1 is 1.33 bits per heavy atom. The van der Waals surface area contributed by atoms with Crippen LogP contribution in [0.3, 0.4) is 0 Å². The van der Waals surface area contributed by atoms with Crippen molar-refractivity contribution in [3.05, 3.63) is 47.0 Å². The summed E-state index contributed by atoms with van der Waals surface area (Å²) in [6, 6.07) is 10.0. The van der Waals surface area contributed by atoms with E-state index in [1.807, 2.05) is 37.3 Å². The maximum atomic E-state index is 12.6. The number of piperidine rings is 1. The van der Waals surface area contributed by atoms with E-state index in [0.717, 1.165) is 29.7 Å². The van der Waals surface area contributed by atoms with Crippen LogP contribution in [0.2, 0.25) is 0 Å². The zero-order valence-corrected chi connectivity index (χ0v) is 16.1. The molecule has 2 aliphatic rings. The van der Waals surface area contributed by atoms with Crippen LogP contribution in [0.1, 0.15) is 32.3 Å². The van der Waals surface area contributed by atoms with Gasteiger partial charge in [-0.1, -0.05) is 35.9 Å². The molecule has 0 saturated carbocycles. The van der Waals surface area contributed by atoms with Crippen LogP contribution in [0, 0.1) is 5.92 Å². The molecule has 0 spiro atoms. The molecule has 5 N–H and O–H groups in total. The van der Waals surface area contributed by atoms with Gasteiger partial charge in [-0.05, 0) is 44.4 Å². The molecule has 1 aromatic carbocycles. The second-order valence-corrected chi connectivity index (χ2v) is 7.75. The molecule has 6 heteroatoms. The van der Waals surface area contributed by atoms with E-state index in [0.29, 0.717) is 12.5 Å².